The zero-order valence-electron chi connectivity index (χ0n) is 9.38. The van der Waals surface area contributed by atoms with Crippen molar-refractivity contribution in [2.24, 2.45) is 0 Å². The molecule has 0 saturated carbocycles. The largest absolute Gasteiger partial charge is 0.464 e. The van der Waals surface area contributed by atoms with Crippen LogP contribution in [0.4, 0.5) is 5.88 Å². The van der Waals surface area contributed by atoms with Crippen molar-refractivity contribution in [3.8, 4) is 0 Å². The van der Waals surface area contributed by atoms with E-state index in [0.29, 0.717) is 5.88 Å². The first-order valence-electron chi connectivity index (χ1n) is 5.43. The van der Waals surface area contributed by atoms with E-state index in [1.807, 2.05) is 18.2 Å². The van der Waals surface area contributed by atoms with Crippen molar-refractivity contribution in [1.82, 2.24) is 5.16 Å². The molecule has 0 aliphatic carbocycles. The highest BCUT2D eigenvalue weighted by Gasteiger charge is 2.13. The van der Waals surface area contributed by atoms with Crippen molar-refractivity contribution in [3.05, 3.63) is 47.9 Å². The highest BCUT2D eigenvalue weighted by molar-refractivity contribution is 5.78. The Balaban J connectivity index is 2.02. The van der Waals surface area contributed by atoms with Crippen LogP contribution in [-0.2, 0) is 0 Å². The molecular weight excluding hydrogens is 216 g/mol. The van der Waals surface area contributed by atoms with Gasteiger partial charge in [-0.2, -0.15) is 0 Å². The smallest absolute Gasteiger partial charge is 0.222 e. The zero-order valence-corrected chi connectivity index (χ0v) is 9.38. The van der Waals surface area contributed by atoms with Gasteiger partial charge < -0.3 is 14.7 Å². The van der Waals surface area contributed by atoms with Gasteiger partial charge in [0.1, 0.15) is 5.58 Å². The van der Waals surface area contributed by atoms with E-state index in [-0.39, 0.29) is 5.92 Å². The first kappa shape index (κ1) is 9.96. The summed E-state index contributed by atoms with van der Waals surface area (Å²) in [7, 11) is 0. The lowest BCUT2D eigenvalue weighted by atomic mass is 9.97. The van der Waals surface area contributed by atoms with E-state index in [1.165, 1.54) is 0 Å². The minimum atomic E-state index is 0.148. The average molecular weight is 228 g/mol. The molecule has 1 unspecified atom stereocenters. The molecule has 0 bridgehead atoms. The van der Waals surface area contributed by atoms with E-state index in [0.717, 1.165) is 22.2 Å². The molecule has 86 valence electrons. The molecule has 2 aromatic heterocycles. The molecule has 0 saturated heterocycles. The van der Waals surface area contributed by atoms with Crippen LogP contribution in [-0.4, -0.2) is 5.16 Å². The number of hydrogen-bond acceptors (Lipinski definition) is 4. The van der Waals surface area contributed by atoms with E-state index in [2.05, 4.69) is 18.1 Å². The summed E-state index contributed by atoms with van der Waals surface area (Å²) in [5.41, 5.74) is 8.41. The van der Waals surface area contributed by atoms with Gasteiger partial charge in [-0.15, -0.1) is 0 Å². The van der Waals surface area contributed by atoms with Crippen molar-refractivity contribution in [1.29, 1.82) is 0 Å². The van der Waals surface area contributed by atoms with Gasteiger partial charge in [0.05, 0.1) is 12.0 Å². The van der Waals surface area contributed by atoms with E-state index < -0.39 is 0 Å². The molecule has 1 aromatic carbocycles. The summed E-state index contributed by atoms with van der Waals surface area (Å²) < 4.78 is 10.2. The van der Waals surface area contributed by atoms with Gasteiger partial charge >= 0.3 is 0 Å². The molecule has 3 aromatic rings. The van der Waals surface area contributed by atoms with Crippen LogP contribution >= 0.6 is 0 Å². The van der Waals surface area contributed by atoms with Crippen molar-refractivity contribution >= 4 is 16.9 Å². The van der Waals surface area contributed by atoms with Crippen LogP contribution in [0.2, 0.25) is 0 Å². The number of hydrogen-bond donors (Lipinski definition) is 1. The number of anilines is 1. The fourth-order valence-corrected chi connectivity index (χ4v) is 1.93. The molecule has 0 radical (unpaired) electrons. The maximum atomic E-state index is 5.52. The van der Waals surface area contributed by atoms with Crippen LogP contribution < -0.4 is 5.73 Å². The van der Waals surface area contributed by atoms with Gasteiger partial charge in [0, 0.05) is 17.4 Å². The Morgan fingerprint density at radius 1 is 1.24 bits per heavy atom. The molecule has 0 spiro atoms. The fraction of sp³-hybridized carbons (Fsp3) is 0.154. The summed E-state index contributed by atoms with van der Waals surface area (Å²) in [5, 5.41) is 5.03. The topological polar surface area (TPSA) is 65.2 Å². The molecule has 0 aliphatic heterocycles. The number of nitrogens with zero attached hydrogens (tertiary/aromatic N) is 1. The summed E-state index contributed by atoms with van der Waals surface area (Å²) in [5.74, 6) is 0.492. The third kappa shape index (κ3) is 1.67. The average Bonchev–Trinajstić information content (AvgIpc) is 2.95. The second kappa shape index (κ2) is 3.66. The minimum absolute atomic E-state index is 0.148. The van der Waals surface area contributed by atoms with Gasteiger partial charge in [-0.25, -0.2) is 0 Å². The van der Waals surface area contributed by atoms with Crippen molar-refractivity contribution in [3.63, 3.8) is 0 Å². The fourth-order valence-electron chi connectivity index (χ4n) is 1.93. The monoisotopic (exact) mass is 228 g/mol. The van der Waals surface area contributed by atoms with Crippen molar-refractivity contribution in [2.75, 3.05) is 5.73 Å². The normalized spacial score (nSPS) is 13.0. The van der Waals surface area contributed by atoms with Gasteiger partial charge in [-0.1, -0.05) is 18.1 Å². The standard InChI is InChI=1S/C13H12N2O2/c1-8(11-7-13(14)17-15-11)9-2-3-12-10(6-9)4-5-16-12/h2-8H,14H2,1H3. The molecule has 17 heavy (non-hydrogen) atoms. The van der Waals surface area contributed by atoms with Crippen LogP contribution in [0.3, 0.4) is 0 Å². The Morgan fingerprint density at radius 3 is 2.88 bits per heavy atom. The number of fused-ring (bicyclic) bond motifs is 1. The summed E-state index contributed by atoms with van der Waals surface area (Å²) >= 11 is 0. The predicted octanol–water partition coefficient (Wildman–Crippen LogP) is 3.15. The van der Waals surface area contributed by atoms with E-state index in [9.17, 15) is 0 Å². The number of rotatable bonds is 2. The third-order valence-electron chi connectivity index (χ3n) is 2.97. The first-order valence-corrected chi connectivity index (χ1v) is 5.43. The van der Waals surface area contributed by atoms with Crippen LogP contribution in [0.15, 0.2) is 45.5 Å². The maximum Gasteiger partial charge on any atom is 0.222 e. The molecule has 0 fully saturated rings. The first-order chi connectivity index (χ1) is 8.24. The van der Waals surface area contributed by atoms with Crippen molar-refractivity contribution < 1.29 is 8.94 Å². The van der Waals surface area contributed by atoms with Gasteiger partial charge in [0.15, 0.2) is 0 Å². The summed E-state index contributed by atoms with van der Waals surface area (Å²) in [6.07, 6.45) is 1.69. The molecule has 1 atom stereocenters. The van der Waals surface area contributed by atoms with Crippen molar-refractivity contribution in [2.45, 2.75) is 12.8 Å². The Bertz CT molecular complexity index is 654. The Labute approximate surface area is 98.0 Å². The maximum absolute atomic E-state index is 5.52. The summed E-state index contributed by atoms with van der Waals surface area (Å²) in [6.45, 7) is 2.07. The van der Waals surface area contributed by atoms with E-state index in [4.69, 9.17) is 14.7 Å². The Morgan fingerprint density at radius 2 is 2.12 bits per heavy atom. The lowest BCUT2D eigenvalue weighted by molar-refractivity contribution is 0.425. The SMILES string of the molecule is CC(c1ccc2occc2c1)c1cc(N)on1. The summed E-state index contributed by atoms with van der Waals surface area (Å²) in [4.78, 5) is 0. The van der Waals surface area contributed by atoms with Gasteiger partial charge in [0.25, 0.3) is 0 Å². The predicted molar refractivity (Wildman–Crippen MR) is 64.6 cm³/mol. The van der Waals surface area contributed by atoms with Crippen LogP contribution in [0.1, 0.15) is 24.1 Å². The molecule has 0 aliphatic rings. The van der Waals surface area contributed by atoms with Gasteiger partial charge in [0.2, 0.25) is 5.88 Å². The Hall–Kier alpha value is -2.23. The van der Waals surface area contributed by atoms with Crippen LogP contribution in [0.25, 0.3) is 11.0 Å². The second-order valence-electron chi connectivity index (χ2n) is 4.09. The molecule has 4 nitrogen and oxygen atoms in total. The number of benzene rings is 1. The number of nitrogen functional groups attached to an aromatic ring is 1. The molecule has 2 heterocycles. The molecule has 0 amide bonds. The molecule has 3 rings (SSSR count). The minimum Gasteiger partial charge on any atom is -0.464 e. The number of furan rings is 1. The lowest BCUT2D eigenvalue weighted by Gasteiger charge is -2.07. The molecule has 4 heteroatoms. The lowest BCUT2D eigenvalue weighted by Crippen LogP contribution is -1.95. The summed E-state index contributed by atoms with van der Waals surface area (Å²) in [6, 6.07) is 9.79. The zero-order chi connectivity index (χ0) is 11.8. The van der Waals surface area contributed by atoms with Crippen LogP contribution in [0, 0.1) is 0 Å². The number of aromatic nitrogens is 1. The Kier molecular flexibility index (Phi) is 2.14. The molecule has 2 N–H and O–H groups in total. The second-order valence-corrected chi connectivity index (χ2v) is 4.09. The third-order valence-corrected chi connectivity index (χ3v) is 2.97. The quantitative estimate of drug-likeness (QED) is 0.731. The molecular formula is C13H12N2O2. The number of nitrogens with two attached hydrogens (primary N) is 1. The van der Waals surface area contributed by atoms with Crippen LogP contribution in [0.5, 0.6) is 0 Å². The van der Waals surface area contributed by atoms with Gasteiger partial charge in [-0.3, -0.25) is 0 Å². The van der Waals surface area contributed by atoms with E-state index >= 15 is 0 Å². The van der Waals surface area contributed by atoms with Gasteiger partial charge in [-0.05, 0) is 23.8 Å². The van der Waals surface area contributed by atoms with E-state index in [1.54, 1.807) is 12.3 Å². The highest BCUT2D eigenvalue weighted by atomic mass is 16.5. The highest BCUT2D eigenvalue weighted by Crippen LogP contribution is 2.27.